The van der Waals surface area contributed by atoms with Gasteiger partial charge in [0.15, 0.2) is 5.69 Å². The maximum atomic E-state index is 14.1. The number of morpholine rings is 1. The predicted octanol–water partition coefficient (Wildman–Crippen LogP) is 4.65. The summed E-state index contributed by atoms with van der Waals surface area (Å²) in [5, 5.41) is 2.23. The zero-order valence-electron chi connectivity index (χ0n) is 23.8. The van der Waals surface area contributed by atoms with Crippen LogP contribution in [0.4, 0.5) is 4.79 Å². The molecule has 11 heteroatoms. The number of ether oxygens (including phenoxy) is 4. The standard InChI is InChI=1S/C32H33N3O7S/c1-39-31(38)42-20-41-29-24(36)14-16-34-28(29)30(37)33-17-18-40-19-26(33)35(34)27-22-11-5-6-13-25(22)43-32(15-8-7-12-23(27)32)21-9-3-2-4-10-21/h2-6,9-11,13-14,16,23,26-27H,7-8,12,15,17-20H2,1H3. The Kier molecular flexibility index (Phi) is 7.30. The second-order valence-corrected chi connectivity index (χ2v) is 12.6. The van der Waals surface area contributed by atoms with Crippen LogP contribution in [-0.2, 0) is 19.0 Å². The molecule has 1 aliphatic carbocycles. The summed E-state index contributed by atoms with van der Waals surface area (Å²) in [6.45, 7) is 0.527. The number of carbonyl (C=O) groups is 2. The third kappa shape index (κ3) is 4.56. The zero-order chi connectivity index (χ0) is 29.6. The zero-order valence-corrected chi connectivity index (χ0v) is 24.7. The molecular weight excluding hydrogens is 570 g/mol. The van der Waals surface area contributed by atoms with Gasteiger partial charge in [0.1, 0.15) is 6.17 Å². The lowest BCUT2D eigenvalue weighted by Crippen LogP contribution is -2.68. The SMILES string of the molecule is COC(=O)OCOc1c2n(ccc1=O)N(C1c3ccccc3SC3(c4ccccc4)CCCCC13)C1COCCN1C2=O. The average Bonchev–Trinajstić information content (AvgIpc) is 3.05. The summed E-state index contributed by atoms with van der Waals surface area (Å²) in [6, 6.07) is 20.5. The van der Waals surface area contributed by atoms with E-state index in [4.69, 9.17) is 14.2 Å². The first-order valence-electron chi connectivity index (χ1n) is 14.6. The van der Waals surface area contributed by atoms with E-state index >= 15 is 0 Å². The van der Waals surface area contributed by atoms with Gasteiger partial charge in [-0.2, -0.15) is 0 Å². The molecule has 0 bridgehead atoms. The maximum Gasteiger partial charge on any atom is 0.510 e. The molecule has 7 rings (SSSR count). The van der Waals surface area contributed by atoms with E-state index < -0.39 is 24.5 Å². The van der Waals surface area contributed by atoms with Crippen LogP contribution in [0.25, 0.3) is 0 Å². The first kappa shape index (κ1) is 27.8. The smallest absolute Gasteiger partial charge is 0.451 e. The van der Waals surface area contributed by atoms with Crippen LogP contribution >= 0.6 is 11.8 Å². The topological polar surface area (TPSA) is 99.5 Å². The van der Waals surface area contributed by atoms with Crippen LogP contribution in [0.3, 0.4) is 0 Å². The van der Waals surface area contributed by atoms with Gasteiger partial charge in [-0.1, -0.05) is 61.4 Å². The third-order valence-electron chi connectivity index (χ3n) is 9.07. The Labute approximate surface area is 253 Å². The molecule has 3 aliphatic heterocycles. The molecule has 0 spiro atoms. The highest BCUT2D eigenvalue weighted by molar-refractivity contribution is 8.00. The molecule has 1 saturated carbocycles. The summed E-state index contributed by atoms with van der Waals surface area (Å²) in [7, 11) is 1.18. The quantitative estimate of drug-likeness (QED) is 0.305. The Morgan fingerprint density at radius 1 is 1.07 bits per heavy atom. The van der Waals surface area contributed by atoms with E-state index in [1.54, 1.807) is 15.8 Å². The van der Waals surface area contributed by atoms with E-state index in [9.17, 15) is 14.4 Å². The monoisotopic (exact) mass is 603 g/mol. The maximum absolute atomic E-state index is 14.1. The Balaban J connectivity index is 1.42. The molecule has 224 valence electrons. The van der Waals surface area contributed by atoms with Gasteiger partial charge in [0.05, 0.1) is 31.1 Å². The second-order valence-electron chi connectivity index (χ2n) is 11.2. The number of fused-ring (bicyclic) bond motifs is 4. The lowest BCUT2D eigenvalue weighted by atomic mass is 9.69. The van der Waals surface area contributed by atoms with E-state index in [1.807, 2.05) is 11.8 Å². The fourth-order valence-electron chi connectivity index (χ4n) is 7.28. The summed E-state index contributed by atoms with van der Waals surface area (Å²) in [4.78, 5) is 41.8. The molecule has 43 heavy (non-hydrogen) atoms. The molecule has 1 aromatic heterocycles. The number of rotatable bonds is 5. The second kappa shape index (κ2) is 11.3. The molecular formula is C32H33N3O7S. The highest BCUT2D eigenvalue weighted by Gasteiger charge is 2.55. The molecule has 2 fully saturated rings. The van der Waals surface area contributed by atoms with Crippen LogP contribution in [-0.4, -0.2) is 61.5 Å². The van der Waals surface area contributed by atoms with Crippen LogP contribution in [0.5, 0.6) is 5.75 Å². The number of thioether (sulfide) groups is 1. The van der Waals surface area contributed by atoms with Crippen molar-refractivity contribution < 1.29 is 28.5 Å². The largest absolute Gasteiger partial charge is 0.510 e. The number of benzene rings is 2. The Bertz CT molecular complexity index is 1600. The molecule has 4 heterocycles. The van der Waals surface area contributed by atoms with Crippen molar-refractivity contribution in [2.45, 2.75) is 47.5 Å². The number of aromatic nitrogens is 1. The molecule has 1 amide bonds. The molecule has 0 N–H and O–H groups in total. The van der Waals surface area contributed by atoms with Gasteiger partial charge in [0.2, 0.25) is 18.0 Å². The van der Waals surface area contributed by atoms with Gasteiger partial charge in [-0.15, -0.1) is 11.8 Å². The van der Waals surface area contributed by atoms with E-state index in [2.05, 4.69) is 64.3 Å². The van der Waals surface area contributed by atoms with Gasteiger partial charge in [-0.3, -0.25) is 19.3 Å². The lowest BCUT2D eigenvalue weighted by molar-refractivity contribution is -0.0267. The minimum atomic E-state index is -0.947. The number of hydrogen-bond acceptors (Lipinski definition) is 9. The van der Waals surface area contributed by atoms with Gasteiger partial charge < -0.3 is 23.8 Å². The molecule has 1 saturated heterocycles. The van der Waals surface area contributed by atoms with Crippen molar-refractivity contribution in [3.8, 4) is 5.75 Å². The molecule has 3 aromatic rings. The van der Waals surface area contributed by atoms with E-state index in [0.717, 1.165) is 25.7 Å². The van der Waals surface area contributed by atoms with E-state index in [0.29, 0.717) is 19.8 Å². The summed E-state index contributed by atoms with van der Waals surface area (Å²) in [5.41, 5.74) is 2.12. The average molecular weight is 604 g/mol. The number of nitrogens with zero attached hydrogens (tertiary/aromatic N) is 3. The van der Waals surface area contributed by atoms with Crippen LogP contribution in [0.15, 0.2) is 76.6 Å². The molecule has 4 atom stereocenters. The van der Waals surface area contributed by atoms with Crippen molar-refractivity contribution in [1.29, 1.82) is 0 Å². The Morgan fingerprint density at radius 2 is 1.88 bits per heavy atom. The van der Waals surface area contributed by atoms with Crippen molar-refractivity contribution in [3.05, 3.63) is 93.9 Å². The summed E-state index contributed by atoms with van der Waals surface area (Å²) in [5.74, 6) is -0.297. The number of methoxy groups -OCH3 is 1. The molecule has 4 unspecified atom stereocenters. The van der Waals surface area contributed by atoms with Gasteiger partial charge in [0, 0.05) is 29.6 Å². The van der Waals surface area contributed by atoms with E-state index in [1.165, 1.54) is 29.2 Å². The van der Waals surface area contributed by atoms with E-state index in [-0.39, 0.29) is 34.1 Å². The highest BCUT2D eigenvalue weighted by Crippen LogP contribution is 2.63. The molecule has 10 nitrogen and oxygen atoms in total. The minimum Gasteiger partial charge on any atom is -0.451 e. The first-order valence-corrected chi connectivity index (χ1v) is 15.4. The van der Waals surface area contributed by atoms with Crippen LogP contribution in [0, 0.1) is 5.92 Å². The van der Waals surface area contributed by atoms with Gasteiger partial charge in [0.25, 0.3) is 5.91 Å². The van der Waals surface area contributed by atoms with Crippen LogP contribution < -0.4 is 15.2 Å². The van der Waals surface area contributed by atoms with Crippen molar-refractivity contribution in [1.82, 2.24) is 9.58 Å². The highest BCUT2D eigenvalue weighted by atomic mass is 32.2. The van der Waals surface area contributed by atoms with Crippen molar-refractivity contribution in [2.24, 2.45) is 5.92 Å². The van der Waals surface area contributed by atoms with Crippen molar-refractivity contribution >= 4 is 23.8 Å². The van der Waals surface area contributed by atoms with Crippen molar-refractivity contribution in [3.63, 3.8) is 0 Å². The number of carbonyl (C=O) groups excluding carboxylic acids is 2. The minimum absolute atomic E-state index is 0.107. The molecule has 4 aliphatic rings. The summed E-state index contributed by atoms with van der Waals surface area (Å²) in [6.07, 6.45) is 4.59. The normalized spacial score (nSPS) is 26.0. The summed E-state index contributed by atoms with van der Waals surface area (Å²) < 4.78 is 22.7. The Morgan fingerprint density at radius 3 is 2.72 bits per heavy atom. The first-order chi connectivity index (χ1) is 21.0. The molecule has 2 aromatic carbocycles. The summed E-state index contributed by atoms with van der Waals surface area (Å²) >= 11 is 1.96. The number of hydrogen-bond donors (Lipinski definition) is 0. The third-order valence-corrected chi connectivity index (χ3v) is 10.8. The van der Waals surface area contributed by atoms with Gasteiger partial charge in [-0.05, 0) is 30.0 Å². The number of pyridine rings is 1. The lowest BCUT2D eigenvalue weighted by Gasteiger charge is -2.58. The van der Waals surface area contributed by atoms with Crippen LogP contribution in [0.2, 0.25) is 0 Å². The predicted molar refractivity (Wildman–Crippen MR) is 159 cm³/mol. The Hall–Kier alpha value is -3.96. The van der Waals surface area contributed by atoms with Crippen LogP contribution in [0.1, 0.15) is 53.3 Å². The van der Waals surface area contributed by atoms with Gasteiger partial charge in [-0.25, -0.2) is 4.79 Å². The fourth-order valence-corrected chi connectivity index (χ4v) is 9.03. The van der Waals surface area contributed by atoms with Gasteiger partial charge >= 0.3 is 6.16 Å². The molecule has 0 radical (unpaired) electrons. The number of amides is 1. The van der Waals surface area contributed by atoms with Crippen molar-refractivity contribution in [2.75, 3.05) is 38.7 Å². The fraction of sp³-hybridized carbons (Fsp3) is 0.406.